The normalized spacial score (nSPS) is 14.1. The molecule has 0 spiro atoms. The molecule has 0 radical (unpaired) electrons. The maximum Gasteiger partial charge on any atom is 0.0126 e. The summed E-state index contributed by atoms with van der Waals surface area (Å²) in [6.45, 7) is 7.66. The Morgan fingerprint density at radius 3 is 2.30 bits per heavy atom. The van der Waals surface area contributed by atoms with Crippen molar-refractivity contribution in [1.82, 2.24) is 5.43 Å². The quantitative estimate of drug-likeness (QED) is 0.453. The first-order chi connectivity index (χ1) is 4.70. The van der Waals surface area contributed by atoms with Crippen molar-refractivity contribution in [1.29, 1.82) is 0 Å². The lowest BCUT2D eigenvalue weighted by atomic mass is 9.95. The zero-order chi connectivity index (χ0) is 7.98. The molecule has 0 saturated carbocycles. The molecule has 2 nitrogen and oxygen atoms in total. The largest absolute Gasteiger partial charge is 0.271 e. The van der Waals surface area contributed by atoms with Crippen molar-refractivity contribution >= 4 is 0 Å². The van der Waals surface area contributed by atoms with Crippen LogP contribution in [0.5, 0.6) is 0 Å². The Labute approximate surface area is 64.2 Å². The van der Waals surface area contributed by atoms with E-state index in [1.807, 2.05) is 0 Å². The average molecular weight is 144 g/mol. The lowest BCUT2D eigenvalue weighted by Gasteiger charge is -2.15. The summed E-state index contributed by atoms with van der Waals surface area (Å²) < 4.78 is 0. The molecule has 0 aliphatic rings. The van der Waals surface area contributed by atoms with Gasteiger partial charge < -0.3 is 0 Å². The second-order valence-electron chi connectivity index (χ2n) is 3.31. The van der Waals surface area contributed by atoms with Crippen LogP contribution in [0.4, 0.5) is 0 Å². The van der Waals surface area contributed by atoms with Crippen LogP contribution in [-0.4, -0.2) is 6.54 Å². The van der Waals surface area contributed by atoms with E-state index in [9.17, 15) is 0 Å². The number of hydrogen-bond acceptors (Lipinski definition) is 2. The summed E-state index contributed by atoms with van der Waals surface area (Å²) in [4.78, 5) is 0. The Morgan fingerprint density at radius 2 is 2.00 bits per heavy atom. The minimum absolute atomic E-state index is 0.755. The van der Waals surface area contributed by atoms with Gasteiger partial charge in [-0.25, -0.2) is 0 Å². The first-order valence-electron chi connectivity index (χ1n) is 4.14. The van der Waals surface area contributed by atoms with Crippen molar-refractivity contribution in [2.45, 2.75) is 33.6 Å². The number of rotatable bonds is 5. The van der Waals surface area contributed by atoms with Gasteiger partial charge in [0.15, 0.2) is 0 Å². The molecule has 10 heavy (non-hydrogen) atoms. The molecule has 0 saturated heterocycles. The van der Waals surface area contributed by atoms with Gasteiger partial charge in [0.1, 0.15) is 0 Å². The van der Waals surface area contributed by atoms with E-state index in [-0.39, 0.29) is 0 Å². The average Bonchev–Trinajstić information content (AvgIpc) is 1.86. The van der Waals surface area contributed by atoms with Crippen LogP contribution in [0.3, 0.4) is 0 Å². The molecular formula is C8H20N2. The van der Waals surface area contributed by atoms with E-state index in [1.165, 1.54) is 12.8 Å². The monoisotopic (exact) mass is 144 g/mol. The van der Waals surface area contributed by atoms with Gasteiger partial charge in [-0.15, -0.1) is 0 Å². The Bertz CT molecular complexity index is 71.7. The molecular weight excluding hydrogens is 124 g/mol. The van der Waals surface area contributed by atoms with Gasteiger partial charge in [-0.2, -0.15) is 0 Å². The molecule has 0 heterocycles. The summed E-state index contributed by atoms with van der Waals surface area (Å²) in [6, 6.07) is 0. The summed E-state index contributed by atoms with van der Waals surface area (Å²) in [5, 5.41) is 0. The fourth-order valence-electron chi connectivity index (χ4n) is 1.23. The number of hydrogen-bond donors (Lipinski definition) is 2. The minimum atomic E-state index is 0.755. The molecule has 0 rings (SSSR count). The molecule has 1 unspecified atom stereocenters. The SMILES string of the molecule is CCC(CNN)CC(C)C. The van der Waals surface area contributed by atoms with Crippen LogP contribution in [0.25, 0.3) is 0 Å². The molecule has 0 aliphatic heterocycles. The second-order valence-corrected chi connectivity index (χ2v) is 3.31. The highest BCUT2D eigenvalue weighted by molar-refractivity contribution is 4.60. The van der Waals surface area contributed by atoms with Crippen molar-refractivity contribution in [3.05, 3.63) is 0 Å². The predicted octanol–water partition coefficient (Wildman–Crippen LogP) is 1.52. The zero-order valence-electron chi connectivity index (χ0n) is 7.35. The fraction of sp³-hybridized carbons (Fsp3) is 1.00. The lowest BCUT2D eigenvalue weighted by Crippen LogP contribution is -2.29. The van der Waals surface area contributed by atoms with E-state index in [0.29, 0.717) is 0 Å². The van der Waals surface area contributed by atoms with Crippen LogP contribution in [-0.2, 0) is 0 Å². The molecule has 0 amide bonds. The van der Waals surface area contributed by atoms with Gasteiger partial charge in [0, 0.05) is 6.54 Å². The van der Waals surface area contributed by atoms with Crippen LogP contribution < -0.4 is 11.3 Å². The van der Waals surface area contributed by atoms with E-state index < -0.39 is 0 Å². The van der Waals surface area contributed by atoms with Crippen molar-refractivity contribution < 1.29 is 0 Å². The molecule has 0 aliphatic carbocycles. The van der Waals surface area contributed by atoms with Crippen LogP contribution in [0, 0.1) is 11.8 Å². The van der Waals surface area contributed by atoms with Gasteiger partial charge in [0.2, 0.25) is 0 Å². The Hall–Kier alpha value is -0.0800. The summed E-state index contributed by atoms with van der Waals surface area (Å²) >= 11 is 0. The van der Waals surface area contributed by atoms with Gasteiger partial charge in [0.05, 0.1) is 0 Å². The van der Waals surface area contributed by atoms with Crippen LogP contribution in [0.2, 0.25) is 0 Å². The Morgan fingerprint density at radius 1 is 1.40 bits per heavy atom. The smallest absolute Gasteiger partial charge is 0.0126 e. The minimum Gasteiger partial charge on any atom is -0.271 e. The zero-order valence-corrected chi connectivity index (χ0v) is 7.35. The van der Waals surface area contributed by atoms with E-state index in [0.717, 1.165) is 18.4 Å². The molecule has 0 aromatic carbocycles. The molecule has 0 bridgehead atoms. The van der Waals surface area contributed by atoms with Gasteiger partial charge in [0.25, 0.3) is 0 Å². The highest BCUT2D eigenvalue weighted by Gasteiger charge is 2.06. The lowest BCUT2D eigenvalue weighted by molar-refractivity contribution is 0.380. The maximum absolute atomic E-state index is 5.23. The first kappa shape index (κ1) is 9.92. The highest BCUT2D eigenvalue weighted by Crippen LogP contribution is 2.13. The molecule has 3 N–H and O–H groups in total. The number of nitrogens with one attached hydrogen (secondary N) is 1. The predicted molar refractivity (Wildman–Crippen MR) is 45.4 cm³/mol. The Balaban J connectivity index is 3.39. The van der Waals surface area contributed by atoms with Crippen molar-refractivity contribution in [2.75, 3.05) is 6.54 Å². The maximum atomic E-state index is 5.23. The third kappa shape index (κ3) is 4.77. The van der Waals surface area contributed by atoms with Crippen LogP contribution in [0.1, 0.15) is 33.6 Å². The van der Waals surface area contributed by atoms with Crippen LogP contribution in [0.15, 0.2) is 0 Å². The Kier molecular flexibility index (Phi) is 5.64. The number of hydrazine groups is 1. The summed E-state index contributed by atoms with van der Waals surface area (Å²) in [5.74, 6) is 6.78. The van der Waals surface area contributed by atoms with E-state index in [1.54, 1.807) is 0 Å². The summed E-state index contributed by atoms with van der Waals surface area (Å²) in [7, 11) is 0. The van der Waals surface area contributed by atoms with Crippen molar-refractivity contribution in [3.8, 4) is 0 Å². The topological polar surface area (TPSA) is 38.0 Å². The molecule has 2 heteroatoms. The molecule has 1 atom stereocenters. The molecule has 0 aromatic rings. The van der Waals surface area contributed by atoms with Gasteiger partial charge in [-0.05, 0) is 18.3 Å². The van der Waals surface area contributed by atoms with Gasteiger partial charge >= 0.3 is 0 Å². The van der Waals surface area contributed by atoms with E-state index >= 15 is 0 Å². The number of nitrogens with two attached hydrogens (primary N) is 1. The van der Waals surface area contributed by atoms with Crippen molar-refractivity contribution in [2.24, 2.45) is 17.7 Å². The third-order valence-electron chi connectivity index (χ3n) is 1.79. The van der Waals surface area contributed by atoms with Crippen LogP contribution >= 0.6 is 0 Å². The summed E-state index contributed by atoms with van der Waals surface area (Å²) in [6.07, 6.45) is 2.50. The van der Waals surface area contributed by atoms with Gasteiger partial charge in [-0.1, -0.05) is 27.2 Å². The highest BCUT2D eigenvalue weighted by atomic mass is 15.2. The van der Waals surface area contributed by atoms with E-state index in [2.05, 4.69) is 26.2 Å². The standard InChI is InChI=1S/C8H20N2/c1-4-8(6-10-9)5-7(2)3/h7-8,10H,4-6,9H2,1-3H3. The molecule has 0 fully saturated rings. The molecule has 0 aromatic heterocycles. The second kappa shape index (κ2) is 5.69. The molecule has 62 valence electrons. The summed E-state index contributed by atoms with van der Waals surface area (Å²) in [5.41, 5.74) is 2.72. The van der Waals surface area contributed by atoms with E-state index in [4.69, 9.17) is 5.84 Å². The third-order valence-corrected chi connectivity index (χ3v) is 1.79. The first-order valence-corrected chi connectivity index (χ1v) is 4.14. The fourth-order valence-corrected chi connectivity index (χ4v) is 1.23. The van der Waals surface area contributed by atoms with Gasteiger partial charge in [-0.3, -0.25) is 11.3 Å². The van der Waals surface area contributed by atoms with Crippen molar-refractivity contribution in [3.63, 3.8) is 0 Å².